The molecule has 0 spiro atoms. The molecule has 2 aliphatic rings. The van der Waals surface area contributed by atoms with Crippen LogP contribution in [0.15, 0.2) is 51.8 Å². The Kier molecular flexibility index (Phi) is 5.59. The van der Waals surface area contributed by atoms with Crippen molar-refractivity contribution in [3.05, 3.63) is 74.1 Å². The van der Waals surface area contributed by atoms with Crippen LogP contribution in [0.2, 0.25) is 0 Å². The summed E-state index contributed by atoms with van der Waals surface area (Å²) in [7, 11) is 0. The van der Waals surface area contributed by atoms with Crippen LogP contribution in [0.3, 0.4) is 0 Å². The van der Waals surface area contributed by atoms with E-state index in [4.69, 9.17) is 0 Å². The molecule has 0 fully saturated rings. The molecule has 0 heterocycles. The molecular formula is C29H36Zr. The Labute approximate surface area is 191 Å². The van der Waals surface area contributed by atoms with Crippen LogP contribution < -0.4 is 3.27 Å². The van der Waals surface area contributed by atoms with Crippen LogP contribution in [0.1, 0.15) is 84.1 Å². The van der Waals surface area contributed by atoms with Gasteiger partial charge in [-0.2, -0.15) is 0 Å². The zero-order valence-corrected chi connectivity index (χ0v) is 22.5. The summed E-state index contributed by atoms with van der Waals surface area (Å²) in [5.74, 6) is 0. The minimum atomic E-state index is -2.10. The van der Waals surface area contributed by atoms with Crippen molar-refractivity contribution in [1.29, 1.82) is 0 Å². The molecule has 4 rings (SSSR count). The SMILES string of the molecule is C[C](C)=[Zr]([C]1=CC=CC1)[c]1c(C(C)(C)C)ccc2c1Cc1cc(C(C)(C)C)ccc1-2. The first kappa shape index (κ1) is 21.9. The predicted octanol–water partition coefficient (Wildman–Crippen LogP) is 7.15. The third-order valence-electron chi connectivity index (χ3n) is 6.59. The van der Waals surface area contributed by atoms with Gasteiger partial charge in [-0.05, 0) is 0 Å². The van der Waals surface area contributed by atoms with E-state index in [0.717, 1.165) is 12.8 Å². The first-order chi connectivity index (χ1) is 14.0. The monoisotopic (exact) mass is 474 g/mol. The normalized spacial score (nSPS) is 15.1. The number of fused-ring (bicyclic) bond motifs is 3. The maximum absolute atomic E-state index is 2.48. The number of benzene rings is 2. The Hall–Kier alpha value is -1.33. The van der Waals surface area contributed by atoms with Gasteiger partial charge in [-0.25, -0.2) is 0 Å². The van der Waals surface area contributed by atoms with Crippen LogP contribution >= 0.6 is 0 Å². The van der Waals surface area contributed by atoms with Crippen molar-refractivity contribution in [1.82, 2.24) is 0 Å². The summed E-state index contributed by atoms with van der Waals surface area (Å²) < 4.78 is 5.20. The van der Waals surface area contributed by atoms with E-state index in [9.17, 15) is 0 Å². The van der Waals surface area contributed by atoms with Gasteiger partial charge in [0.25, 0.3) is 0 Å². The van der Waals surface area contributed by atoms with Crippen LogP contribution in [-0.2, 0) is 38.5 Å². The average Bonchev–Trinajstić information content (AvgIpc) is 3.27. The Bertz CT molecular complexity index is 1100. The number of rotatable bonds is 2. The molecule has 1 heteroatoms. The van der Waals surface area contributed by atoms with Gasteiger partial charge >= 0.3 is 192 Å². The second kappa shape index (κ2) is 7.67. The molecule has 0 atom stereocenters. The molecule has 0 saturated carbocycles. The zero-order valence-electron chi connectivity index (χ0n) is 20.0. The van der Waals surface area contributed by atoms with Crippen molar-refractivity contribution in [2.45, 2.75) is 79.1 Å². The summed E-state index contributed by atoms with van der Waals surface area (Å²) in [5, 5.41) is 0. The van der Waals surface area contributed by atoms with E-state index >= 15 is 0 Å². The number of allylic oxidation sites excluding steroid dienone is 4. The van der Waals surface area contributed by atoms with Gasteiger partial charge in [0.2, 0.25) is 0 Å². The van der Waals surface area contributed by atoms with Crippen molar-refractivity contribution < 1.29 is 21.3 Å². The topological polar surface area (TPSA) is 0 Å². The molecule has 156 valence electrons. The summed E-state index contributed by atoms with van der Waals surface area (Å²) in [4.78, 5) is 0. The summed E-state index contributed by atoms with van der Waals surface area (Å²) in [5.41, 5.74) is 9.54. The van der Waals surface area contributed by atoms with Crippen molar-refractivity contribution in [3.63, 3.8) is 0 Å². The van der Waals surface area contributed by atoms with Crippen molar-refractivity contribution >= 4 is 6.48 Å². The van der Waals surface area contributed by atoms with E-state index in [-0.39, 0.29) is 10.8 Å². The fourth-order valence-electron chi connectivity index (χ4n) is 5.02. The van der Waals surface area contributed by atoms with Crippen LogP contribution in [0.25, 0.3) is 11.1 Å². The quantitative estimate of drug-likeness (QED) is 0.369. The molecule has 0 aliphatic heterocycles. The summed E-state index contributed by atoms with van der Waals surface area (Å²) >= 11 is -2.10. The molecule has 0 amide bonds. The first-order valence-electron chi connectivity index (χ1n) is 11.3. The van der Waals surface area contributed by atoms with E-state index in [0.29, 0.717) is 0 Å². The third kappa shape index (κ3) is 3.84. The van der Waals surface area contributed by atoms with Gasteiger partial charge in [0.15, 0.2) is 0 Å². The van der Waals surface area contributed by atoms with E-state index in [1.807, 2.05) is 0 Å². The van der Waals surface area contributed by atoms with Gasteiger partial charge in [-0.1, -0.05) is 0 Å². The number of hydrogen-bond donors (Lipinski definition) is 0. The molecule has 0 unspecified atom stereocenters. The van der Waals surface area contributed by atoms with Crippen molar-refractivity contribution in [3.8, 4) is 11.1 Å². The average molecular weight is 476 g/mol. The summed E-state index contributed by atoms with van der Waals surface area (Å²) in [6.45, 7) is 18.9. The molecule has 0 bridgehead atoms. The second-order valence-electron chi connectivity index (χ2n) is 11.3. The standard InChI is InChI=1S/C21H25.C5H5.C3H6.Zr/c1-20(2,3)16-7-9-18-14(12-16)11-15-13-17(21(4,5)6)8-10-19(15)18;1-2-4-5-3-1;1-3-2;/h7-10,12H,11H2,1-6H3;1-3H,4H2;1-2H3;. The summed E-state index contributed by atoms with van der Waals surface area (Å²) in [6, 6.07) is 12.1. The van der Waals surface area contributed by atoms with Crippen LogP contribution in [-0.4, -0.2) is 3.21 Å². The maximum atomic E-state index is 2.48. The molecule has 0 radical (unpaired) electrons. The molecule has 2 aromatic carbocycles. The Morgan fingerprint density at radius 3 is 2.13 bits per heavy atom. The molecule has 0 nitrogen and oxygen atoms in total. The van der Waals surface area contributed by atoms with Crippen LogP contribution in [0.4, 0.5) is 0 Å². The van der Waals surface area contributed by atoms with Gasteiger partial charge in [-0.15, -0.1) is 0 Å². The van der Waals surface area contributed by atoms with Gasteiger partial charge in [0, 0.05) is 0 Å². The van der Waals surface area contributed by atoms with Crippen molar-refractivity contribution in [2.75, 3.05) is 0 Å². The molecule has 0 saturated heterocycles. The van der Waals surface area contributed by atoms with E-state index in [2.05, 4.69) is 104 Å². The number of hydrogen-bond acceptors (Lipinski definition) is 0. The zero-order chi connectivity index (χ0) is 21.8. The van der Waals surface area contributed by atoms with E-state index < -0.39 is 21.3 Å². The Morgan fingerprint density at radius 2 is 1.57 bits per heavy atom. The van der Waals surface area contributed by atoms with Crippen LogP contribution in [0, 0.1) is 0 Å². The van der Waals surface area contributed by atoms with Gasteiger partial charge in [0.1, 0.15) is 0 Å². The minimum absolute atomic E-state index is 0.170. The van der Waals surface area contributed by atoms with Crippen molar-refractivity contribution in [2.24, 2.45) is 0 Å². The fourth-order valence-corrected chi connectivity index (χ4v) is 13.1. The van der Waals surface area contributed by atoms with E-state index in [1.54, 1.807) is 20.9 Å². The Balaban J connectivity index is 1.97. The molecule has 0 N–H and O–H groups in total. The fraction of sp³-hybridized carbons (Fsp3) is 0.414. The van der Waals surface area contributed by atoms with Crippen LogP contribution in [0.5, 0.6) is 0 Å². The summed E-state index contributed by atoms with van der Waals surface area (Å²) in [6.07, 6.45) is 9.33. The Morgan fingerprint density at radius 1 is 0.867 bits per heavy atom. The van der Waals surface area contributed by atoms with Gasteiger partial charge in [0.05, 0.1) is 0 Å². The second-order valence-corrected chi connectivity index (χ2v) is 18.4. The predicted molar refractivity (Wildman–Crippen MR) is 130 cm³/mol. The third-order valence-corrected chi connectivity index (χ3v) is 14.2. The van der Waals surface area contributed by atoms with Gasteiger partial charge < -0.3 is 0 Å². The molecular weight excluding hydrogens is 440 g/mol. The van der Waals surface area contributed by atoms with Gasteiger partial charge in [-0.3, -0.25) is 0 Å². The molecule has 30 heavy (non-hydrogen) atoms. The molecule has 2 aromatic rings. The van der Waals surface area contributed by atoms with E-state index in [1.165, 1.54) is 22.3 Å². The molecule has 0 aromatic heterocycles. The first-order valence-corrected chi connectivity index (χ1v) is 15.0. The molecule has 2 aliphatic carbocycles.